The van der Waals surface area contributed by atoms with Crippen LogP contribution in [-0.4, -0.2) is 39.2 Å². The van der Waals surface area contributed by atoms with Crippen LogP contribution < -0.4 is 15.6 Å². The molecule has 2 heterocycles. The number of aliphatic hydroxyl groups excluding tert-OH is 1. The normalized spacial score (nSPS) is 13.6. The number of benzene rings is 1. The molecule has 0 aliphatic carbocycles. The van der Waals surface area contributed by atoms with Gasteiger partial charge in [0, 0.05) is 18.5 Å². The lowest BCUT2D eigenvalue weighted by Crippen LogP contribution is -2.37. The standard InChI is InChI=1S/C22H15F8N3O4/c23-13-2-1-7-31-19(13)18(11-3-5-15(14(24)8-11)37-22(28,29)30)32-20(36)12-4-6-17(35)33(9-12)10-16(34)21(25,26)27/h1-9,16,18,34H,10H2,(H,32,36)/t16-,18?/m0/s1. The van der Waals surface area contributed by atoms with E-state index < -0.39 is 71.3 Å². The molecule has 2 aromatic heterocycles. The molecule has 1 aromatic carbocycles. The highest BCUT2D eigenvalue weighted by Crippen LogP contribution is 2.30. The van der Waals surface area contributed by atoms with Crippen molar-refractivity contribution >= 4 is 5.91 Å². The van der Waals surface area contributed by atoms with E-state index in [0.717, 1.165) is 30.5 Å². The minimum atomic E-state index is -5.20. The molecule has 2 atom stereocenters. The molecule has 0 saturated heterocycles. The Morgan fingerprint density at radius 3 is 2.35 bits per heavy atom. The topological polar surface area (TPSA) is 93.5 Å². The second-order valence-electron chi connectivity index (χ2n) is 7.48. The fraction of sp³-hybridized carbons (Fsp3) is 0.227. The first-order valence-corrected chi connectivity index (χ1v) is 10.1. The molecule has 0 aliphatic rings. The number of pyridine rings is 2. The predicted octanol–water partition coefficient (Wildman–Crippen LogP) is 3.86. The number of carbonyl (C=O) groups excluding carboxylic acids is 1. The molecule has 198 valence electrons. The van der Waals surface area contributed by atoms with Gasteiger partial charge in [-0.1, -0.05) is 6.07 Å². The van der Waals surface area contributed by atoms with Crippen molar-refractivity contribution in [2.24, 2.45) is 0 Å². The Kier molecular flexibility index (Phi) is 7.86. The van der Waals surface area contributed by atoms with Crippen molar-refractivity contribution in [3.63, 3.8) is 0 Å². The predicted molar refractivity (Wildman–Crippen MR) is 109 cm³/mol. The third-order valence-electron chi connectivity index (χ3n) is 4.84. The molecule has 7 nitrogen and oxygen atoms in total. The summed E-state index contributed by atoms with van der Waals surface area (Å²) in [6.07, 6.45) is -11.3. The Hall–Kier alpha value is -4.01. The number of nitrogens with zero attached hydrogens (tertiary/aromatic N) is 2. The van der Waals surface area contributed by atoms with E-state index in [4.69, 9.17) is 0 Å². The summed E-state index contributed by atoms with van der Waals surface area (Å²) in [5.74, 6) is -4.78. The lowest BCUT2D eigenvalue weighted by molar-refractivity contribution is -0.275. The van der Waals surface area contributed by atoms with Gasteiger partial charge in [0.25, 0.3) is 11.5 Å². The molecule has 0 radical (unpaired) electrons. The van der Waals surface area contributed by atoms with E-state index in [9.17, 15) is 49.8 Å². The molecule has 0 aliphatic heterocycles. The molecule has 0 saturated carbocycles. The van der Waals surface area contributed by atoms with Crippen LogP contribution in [0.1, 0.15) is 27.7 Å². The molecule has 1 unspecified atom stereocenters. The van der Waals surface area contributed by atoms with Gasteiger partial charge in [0.15, 0.2) is 17.7 Å². The van der Waals surface area contributed by atoms with E-state index in [-0.39, 0.29) is 5.56 Å². The zero-order chi connectivity index (χ0) is 27.5. The molecular formula is C22H15F8N3O4. The summed E-state index contributed by atoms with van der Waals surface area (Å²) in [5.41, 5.74) is -2.12. The van der Waals surface area contributed by atoms with Gasteiger partial charge in [-0.05, 0) is 35.9 Å². The van der Waals surface area contributed by atoms with E-state index in [1.807, 2.05) is 0 Å². The summed E-state index contributed by atoms with van der Waals surface area (Å²) >= 11 is 0. The Morgan fingerprint density at radius 2 is 1.76 bits per heavy atom. The van der Waals surface area contributed by atoms with Crippen LogP contribution >= 0.6 is 0 Å². The van der Waals surface area contributed by atoms with Crippen molar-refractivity contribution in [2.75, 3.05) is 0 Å². The molecule has 0 fully saturated rings. The number of carbonyl (C=O) groups is 1. The molecular weight excluding hydrogens is 522 g/mol. The average Bonchev–Trinajstić information content (AvgIpc) is 2.79. The minimum absolute atomic E-state index is 0.265. The van der Waals surface area contributed by atoms with Crippen LogP contribution in [0, 0.1) is 11.6 Å². The number of hydrogen-bond acceptors (Lipinski definition) is 5. The summed E-state index contributed by atoms with van der Waals surface area (Å²) < 4.78 is 108. The fourth-order valence-electron chi connectivity index (χ4n) is 3.14. The summed E-state index contributed by atoms with van der Waals surface area (Å²) in [7, 11) is 0. The van der Waals surface area contributed by atoms with Crippen LogP contribution in [0.4, 0.5) is 35.1 Å². The van der Waals surface area contributed by atoms with Gasteiger partial charge < -0.3 is 19.7 Å². The zero-order valence-corrected chi connectivity index (χ0v) is 18.1. The lowest BCUT2D eigenvalue weighted by atomic mass is 10.0. The monoisotopic (exact) mass is 537 g/mol. The summed E-state index contributed by atoms with van der Waals surface area (Å²) in [6.45, 7) is -1.23. The first-order chi connectivity index (χ1) is 17.2. The van der Waals surface area contributed by atoms with Gasteiger partial charge in [0.2, 0.25) is 0 Å². The Bertz CT molecular complexity index is 1340. The molecule has 3 aromatic rings. The molecule has 15 heteroatoms. The van der Waals surface area contributed by atoms with E-state index in [1.165, 1.54) is 6.07 Å². The molecule has 37 heavy (non-hydrogen) atoms. The second kappa shape index (κ2) is 10.5. The maximum Gasteiger partial charge on any atom is 0.573 e. The molecule has 0 bridgehead atoms. The van der Waals surface area contributed by atoms with Crippen LogP contribution in [0.3, 0.4) is 0 Å². The first kappa shape index (κ1) is 27.6. The molecule has 1 amide bonds. The number of rotatable bonds is 7. The molecule has 3 rings (SSSR count). The van der Waals surface area contributed by atoms with E-state index in [0.29, 0.717) is 22.9 Å². The molecule has 2 N–H and O–H groups in total. The number of alkyl halides is 6. The Balaban J connectivity index is 1.97. The zero-order valence-electron chi connectivity index (χ0n) is 18.1. The van der Waals surface area contributed by atoms with Crippen molar-refractivity contribution < 1.29 is 49.8 Å². The third-order valence-corrected chi connectivity index (χ3v) is 4.84. The Morgan fingerprint density at radius 1 is 1.05 bits per heavy atom. The smallest absolute Gasteiger partial charge is 0.403 e. The van der Waals surface area contributed by atoms with Crippen molar-refractivity contribution in [3.05, 3.63) is 93.7 Å². The summed E-state index contributed by atoms with van der Waals surface area (Å²) in [5, 5.41) is 11.5. The van der Waals surface area contributed by atoms with Gasteiger partial charge in [-0.2, -0.15) is 13.2 Å². The van der Waals surface area contributed by atoms with Crippen LogP contribution in [0.2, 0.25) is 0 Å². The van der Waals surface area contributed by atoms with Crippen molar-refractivity contribution in [1.29, 1.82) is 0 Å². The number of ether oxygens (including phenoxy) is 1. The second-order valence-corrected chi connectivity index (χ2v) is 7.48. The molecule has 0 spiro atoms. The number of hydrogen-bond donors (Lipinski definition) is 2. The van der Waals surface area contributed by atoms with Crippen molar-refractivity contribution in [1.82, 2.24) is 14.9 Å². The quantitative estimate of drug-likeness (QED) is 0.447. The average molecular weight is 537 g/mol. The summed E-state index contributed by atoms with van der Waals surface area (Å²) in [4.78, 5) is 28.5. The lowest BCUT2D eigenvalue weighted by Gasteiger charge is -2.21. The van der Waals surface area contributed by atoms with Crippen molar-refractivity contribution in [2.45, 2.75) is 31.2 Å². The van der Waals surface area contributed by atoms with E-state index in [1.54, 1.807) is 0 Å². The van der Waals surface area contributed by atoms with Crippen LogP contribution in [-0.2, 0) is 6.54 Å². The third kappa shape index (κ3) is 7.03. The highest BCUT2D eigenvalue weighted by atomic mass is 19.4. The maximum absolute atomic E-state index is 14.5. The van der Waals surface area contributed by atoms with Crippen LogP contribution in [0.15, 0.2) is 59.7 Å². The number of amides is 1. The number of nitrogens with one attached hydrogen (secondary N) is 1. The van der Waals surface area contributed by atoms with Gasteiger partial charge in [0.1, 0.15) is 11.5 Å². The Labute approximate surface area is 201 Å². The number of aliphatic hydroxyl groups is 1. The number of aromatic nitrogens is 2. The fourth-order valence-corrected chi connectivity index (χ4v) is 3.14. The van der Waals surface area contributed by atoms with Gasteiger partial charge >= 0.3 is 12.5 Å². The highest BCUT2D eigenvalue weighted by Gasteiger charge is 2.38. The van der Waals surface area contributed by atoms with Crippen molar-refractivity contribution in [3.8, 4) is 5.75 Å². The van der Waals surface area contributed by atoms with E-state index in [2.05, 4.69) is 15.0 Å². The maximum atomic E-state index is 14.5. The van der Waals surface area contributed by atoms with Gasteiger partial charge in [0.05, 0.1) is 18.2 Å². The van der Waals surface area contributed by atoms with Gasteiger partial charge in [-0.3, -0.25) is 14.6 Å². The van der Waals surface area contributed by atoms with Crippen LogP contribution in [0.25, 0.3) is 0 Å². The minimum Gasteiger partial charge on any atom is -0.403 e. The van der Waals surface area contributed by atoms with Gasteiger partial charge in [-0.15, -0.1) is 13.2 Å². The van der Waals surface area contributed by atoms with Crippen LogP contribution in [0.5, 0.6) is 5.75 Å². The summed E-state index contributed by atoms with van der Waals surface area (Å²) in [6, 6.07) is 4.27. The largest absolute Gasteiger partial charge is 0.573 e. The van der Waals surface area contributed by atoms with E-state index >= 15 is 0 Å². The SMILES string of the molecule is O=C(NC(c1ccc(OC(F)(F)F)c(F)c1)c1ncccc1F)c1ccc(=O)n(C[C@H](O)C(F)(F)F)c1. The highest BCUT2D eigenvalue weighted by molar-refractivity contribution is 5.94. The number of halogens is 8. The van der Waals surface area contributed by atoms with Gasteiger partial charge in [-0.25, -0.2) is 8.78 Å². The first-order valence-electron chi connectivity index (χ1n) is 10.1.